The van der Waals surface area contributed by atoms with Gasteiger partial charge in [0, 0.05) is 34.9 Å². The minimum atomic E-state index is -1.22. The fraction of sp³-hybridized carbons (Fsp3) is 0.500. The highest BCUT2D eigenvalue weighted by Crippen LogP contribution is 2.45. The lowest BCUT2D eigenvalue weighted by atomic mass is 9.79. The number of benzene rings is 2. The first-order valence-corrected chi connectivity index (χ1v) is 16.5. The predicted octanol–water partition coefficient (Wildman–Crippen LogP) is 8.81. The first kappa shape index (κ1) is 33.0. The third kappa shape index (κ3) is 7.21. The van der Waals surface area contributed by atoms with Gasteiger partial charge in [0.05, 0.1) is 11.3 Å². The number of anilines is 1. The number of ether oxygens (including phenoxy) is 1. The van der Waals surface area contributed by atoms with Gasteiger partial charge < -0.3 is 14.7 Å². The molecule has 3 aromatic rings. The number of pyridine rings is 1. The first-order valence-electron chi connectivity index (χ1n) is 16.1. The fourth-order valence-corrected chi connectivity index (χ4v) is 7.29. The lowest BCUT2D eigenvalue weighted by Gasteiger charge is -2.41. The molecule has 1 saturated heterocycles. The molecule has 45 heavy (non-hydrogen) atoms. The van der Waals surface area contributed by atoms with E-state index in [1.807, 2.05) is 32.9 Å². The van der Waals surface area contributed by atoms with E-state index in [1.54, 1.807) is 6.92 Å². The van der Waals surface area contributed by atoms with Gasteiger partial charge in [0.15, 0.2) is 11.8 Å². The average Bonchev–Trinajstić information content (AvgIpc) is 2.97. The topological polar surface area (TPSA) is 86.4 Å². The molecule has 2 atom stereocenters. The quantitative estimate of drug-likeness (QED) is 0.282. The minimum absolute atomic E-state index is 0.190. The molecule has 0 saturated carbocycles. The van der Waals surface area contributed by atoms with E-state index in [-0.39, 0.29) is 5.41 Å². The van der Waals surface area contributed by atoms with Gasteiger partial charge >= 0.3 is 5.97 Å². The number of nitriles is 1. The van der Waals surface area contributed by atoms with E-state index in [1.165, 1.54) is 22.3 Å². The van der Waals surface area contributed by atoms with Crippen LogP contribution in [0.25, 0.3) is 11.1 Å². The average molecular weight is 628 g/mol. The largest absolute Gasteiger partial charge is 0.479 e. The van der Waals surface area contributed by atoms with Crippen molar-refractivity contribution in [2.45, 2.75) is 98.7 Å². The molecule has 1 aromatic heterocycles. The molecule has 6 nitrogen and oxygen atoms in total. The number of carboxylic acids is 1. The normalized spacial score (nSPS) is 18.6. The number of aliphatic carboxylic acids is 1. The summed E-state index contributed by atoms with van der Waals surface area (Å²) in [5, 5.41) is 21.7. The van der Waals surface area contributed by atoms with Gasteiger partial charge in [-0.25, -0.2) is 9.78 Å². The molecule has 0 spiro atoms. The van der Waals surface area contributed by atoms with E-state index < -0.39 is 17.7 Å². The Labute approximate surface area is 273 Å². The van der Waals surface area contributed by atoms with Gasteiger partial charge in [-0.05, 0) is 118 Å². The van der Waals surface area contributed by atoms with Crippen LogP contribution in [0.4, 0.5) is 5.69 Å². The molecular weight excluding hydrogens is 582 g/mol. The molecule has 0 bridgehead atoms. The summed E-state index contributed by atoms with van der Waals surface area (Å²) in [6.07, 6.45) is 4.61. The summed E-state index contributed by atoms with van der Waals surface area (Å²) in [5.41, 5.74) is 8.31. The number of hydrogen-bond donors (Lipinski definition) is 1. The Morgan fingerprint density at radius 1 is 1.18 bits per heavy atom. The Balaban J connectivity index is 1.61. The number of hydrogen-bond acceptors (Lipinski definition) is 5. The molecule has 0 radical (unpaired) electrons. The zero-order valence-corrected chi connectivity index (χ0v) is 28.5. The highest BCUT2D eigenvalue weighted by atomic mass is 35.5. The van der Waals surface area contributed by atoms with Gasteiger partial charge in [0.1, 0.15) is 6.07 Å². The van der Waals surface area contributed by atoms with E-state index >= 15 is 0 Å². The smallest absolute Gasteiger partial charge is 0.337 e. The van der Waals surface area contributed by atoms with Crippen molar-refractivity contribution in [1.29, 1.82) is 5.26 Å². The number of halogens is 1. The maximum absolute atomic E-state index is 12.8. The van der Waals surface area contributed by atoms with E-state index in [4.69, 9.17) is 21.3 Å². The Hall–Kier alpha value is -3.40. The Morgan fingerprint density at radius 2 is 1.89 bits per heavy atom. The van der Waals surface area contributed by atoms with E-state index in [0.29, 0.717) is 28.4 Å². The number of aryl methyl sites for hydroxylation is 3. The number of piperidine rings is 1. The van der Waals surface area contributed by atoms with Crippen LogP contribution in [0.2, 0.25) is 5.02 Å². The number of carboxylic acid groups (broad SMARTS) is 1. The highest BCUT2D eigenvalue weighted by molar-refractivity contribution is 6.31. The molecule has 7 heteroatoms. The Morgan fingerprint density at radius 3 is 2.51 bits per heavy atom. The van der Waals surface area contributed by atoms with Crippen molar-refractivity contribution in [3.63, 3.8) is 0 Å². The summed E-state index contributed by atoms with van der Waals surface area (Å²) in [5.74, 6) is -0.559. The second kappa shape index (κ2) is 12.8. The number of carbonyl (C=O) groups is 1. The maximum atomic E-state index is 12.8. The van der Waals surface area contributed by atoms with Crippen LogP contribution < -0.4 is 4.90 Å². The summed E-state index contributed by atoms with van der Waals surface area (Å²) < 4.78 is 6.21. The van der Waals surface area contributed by atoms with E-state index in [2.05, 4.69) is 56.0 Å². The van der Waals surface area contributed by atoms with Crippen LogP contribution in [0.15, 0.2) is 36.4 Å². The van der Waals surface area contributed by atoms with Crippen LogP contribution in [0.3, 0.4) is 0 Å². The molecule has 1 unspecified atom stereocenters. The van der Waals surface area contributed by atoms with Crippen LogP contribution in [-0.2, 0) is 28.8 Å². The van der Waals surface area contributed by atoms with Gasteiger partial charge in [-0.3, -0.25) is 0 Å². The molecule has 2 aromatic carbocycles. The Kier molecular flexibility index (Phi) is 9.36. The van der Waals surface area contributed by atoms with Crippen molar-refractivity contribution < 1.29 is 14.6 Å². The standard InChI is InChI=1S/C38H46ClN3O3/c1-23-9-8-10-30(39)29(23)20-25-11-12-27-21-28(14-13-26(27)19-25)33-31(22-40)41-24(2)32(35(36(43)44)45-37(3,4)5)34(33)42-17-15-38(6,7)16-18-42/h8-10,13-14,21,25,35H,11-12,15-20H2,1-7H3,(H,43,44)/t25?,35-/m0/s1. The minimum Gasteiger partial charge on any atom is -0.479 e. The van der Waals surface area contributed by atoms with Crippen LogP contribution in [0, 0.1) is 36.5 Å². The molecule has 1 N–H and O–H groups in total. The first-order chi connectivity index (χ1) is 21.2. The number of nitrogens with zero attached hydrogens (tertiary/aromatic N) is 3. The van der Waals surface area contributed by atoms with Crippen molar-refractivity contribution in [1.82, 2.24) is 4.98 Å². The summed E-state index contributed by atoms with van der Waals surface area (Å²) >= 11 is 6.58. The third-order valence-corrected chi connectivity index (χ3v) is 9.92. The maximum Gasteiger partial charge on any atom is 0.337 e. The van der Waals surface area contributed by atoms with Gasteiger partial charge in [0.2, 0.25) is 0 Å². The second-order valence-electron chi connectivity index (χ2n) is 14.7. The molecule has 1 fully saturated rings. The van der Waals surface area contributed by atoms with Crippen LogP contribution in [-0.4, -0.2) is 34.8 Å². The lowest BCUT2D eigenvalue weighted by Crippen LogP contribution is -2.39. The molecule has 2 heterocycles. The predicted molar refractivity (Wildman–Crippen MR) is 181 cm³/mol. The molecular formula is C38H46ClN3O3. The summed E-state index contributed by atoms with van der Waals surface area (Å²) in [6.45, 7) is 15.6. The zero-order valence-electron chi connectivity index (χ0n) is 27.8. The van der Waals surface area contributed by atoms with E-state index in [0.717, 1.165) is 67.9 Å². The molecule has 238 valence electrons. The van der Waals surface area contributed by atoms with Crippen molar-refractivity contribution in [3.8, 4) is 17.2 Å². The van der Waals surface area contributed by atoms with Crippen molar-refractivity contribution in [2.75, 3.05) is 18.0 Å². The molecule has 1 aliphatic heterocycles. The highest BCUT2D eigenvalue weighted by Gasteiger charge is 2.37. The summed E-state index contributed by atoms with van der Waals surface area (Å²) in [7, 11) is 0. The van der Waals surface area contributed by atoms with Gasteiger partial charge in [-0.1, -0.05) is 55.8 Å². The molecule has 0 amide bonds. The van der Waals surface area contributed by atoms with Crippen molar-refractivity contribution in [2.24, 2.45) is 11.3 Å². The fourth-order valence-electron chi connectivity index (χ4n) is 6.99. The number of rotatable bonds is 7. The molecule has 2 aliphatic rings. The van der Waals surface area contributed by atoms with Crippen molar-refractivity contribution >= 4 is 23.3 Å². The van der Waals surface area contributed by atoms with Crippen LogP contribution >= 0.6 is 11.6 Å². The lowest BCUT2D eigenvalue weighted by molar-refractivity contribution is -0.160. The molecule has 5 rings (SSSR count). The third-order valence-electron chi connectivity index (χ3n) is 9.57. The molecule has 1 aliphatic carbocycles. The Bertz CT molecular complexity index is 1620. The zero-order chi connectivity index (χ0) is 32.7. The van der Waals surface area contributed by atoms with Crippen molar-refractivity contribution in [3.05, 3.63) is 80.6 Å². The van der Waals surface area contributed by atoms with Crippen LogP contribution in [0.1, 0.15) is 99.2 Å². The monoisotopic (exact) mass is 627 g/mol. The van der Waals surface area contributed by atoms with Gasteiger partial charge in [0.25, 0.3) is 0 Å². The summed E-state index contributed by atoms with van der Waals surface area (Å²) in [6, 6.07) is 15.0. The SMILES string of the molecule is Cc1cccc(Cl)c1CC1CCc2cc(-c3c(C#N)nc(C)c([C@H](OC(C)(C)C)C(=O)O)c3N3CCC(C)(C)CC3)ccc2C1. The summed E-state index contributed by atoms with van der Waals surface area (Å²) in [4.78, 5) is 19.8. The second-order valence-corrected chi connectivity index (χ2v) is 15.1. The van der Waals surface area contributed by atoms with Gasteiger partial charge in [-0.15, -0.1) is 0 Å². The number of fused-ring (bicyclic) bond motifs is 1. The van der Waals surface area contributed by atoms with E-state index in [9.17, 15) is 15.2 Å². The van der Waals surface area contributed by atoms with Gasteiger partial charge in [-0.2, -0.15) is 5.26 Å². The number of aromatic nitrogens is 1. The van der Waals surface area contributed by atoms with Crippen LogP contribution in [0.5, 0.6) is 0 Å².